The van der Waals surface area contributed by atoms with Crippen molar-refractivity contribution in [2.24, 2.45) is 0 Å². The quantitative estimate of drug-likeness (QED) is 0.438. The van der Waals surface area contributed by atoms with Gasteiger partial charge in [0.05, 0.1) is 17.7 Å². The number of ether oxygens (including phenoxy) is 2. The fourth-order valence-electron chi connectivity index (χ4n) is 2.24. The van der Waals surface area contributed by atoms with Gasteiger partial charge in [0.25, 0.3) is 11.6 Å². The summed E-state index contributed by atoms with van der Waals surface area (Å²) < 4.78 is 10.1. The Morgan fingerprint density at radius 1 is 1.44 bits per heavy atom. The van der Waals surface area contributed by atoms with Crippen molar-refractivity contribution in [2.45, 2.75) is 31.9 Å². The number of nitrogens with one attached hydrogen (secondary N) is 2. The van der Waals surface area contributed by atoms with Crippen LogP contribution in [0.15, 0.2) is 18.2 Å². The molecule has 0 bridgehead atoms. The SMILES string of the molecule is COc1ccc([N+](=O)[O-])cc1NC(=O)C(C)OC(=O)C1CCC(=O)N1. The highest BCUT2D eigenvalue weighted by Gasteiger charge is 2.31. The van der Waals surface area contributed by atoms with Crippen LogP contribution < -0.4 is 15.4 Å². The van der Waals surface area contributed by atoms with Gasteiger partial charge in [0.1, 0.15) is 11.8 Å². The molecule has 0 aliphatic carbocycles. The molecule has 0 radical (unpaired) electrons. The highest BCUT2D eigenvalue weighted by Crippen LogP contribution is 2.29. The van der Waals surface area contributed by atoms with Crippen molar-refractivity contribution < 1.29 is 28.8 Å². The molecule has 10 heteroatoms. The maximum absolute atomic E-state index is 12.2. The third-order valence-corrected chi connectivity index (χ3v) is 3.59. The van der Waals surface area contributed by atoms with Crippen molar-refractivity contribution >= 4 is 29.2 Å². The number of hydrogen-bond acceptors (Lipinski definition) is 7. The number of methoxy groups -OCH3 is 1. The van der Waals surface area contributed by atoms with E-state index < -0.39 is 28.9 Å². The molecule has 2 amide bonds. The Labute approximate surface area is 142 Å². The number of amides is 2. The van der Waals surface area contributed by atoms with Crippen molar-refractivity contribution in [1.82, 2.24) is 5.32 Å². The van der Waals surface area contributed by atoms with Crippen LogP contribution in [0.1, 0.15) is 19.8 Å². The minimum atomic E-state index is -1.16. The summed E-state index contributed by atoms with van der Waals surface area (Å²) in [5.41, 5.74) is -0.145. The molecule has 1 heterocycles. The van der Waals surface area contributed by atoms with Gasteiger partial charge in [-0.3, -0.25) is 19.7 Å². The van der Waals surface area contributed by atoms with Crippen molar-refractivity contribution in [3.8, 4) is 5.75 Å². The van der Waals surface area contributed by atoms with Gasteiger partial charge in [0.2, 0.25) is 5.91 Å². The normalized spacial score (nSPS) is 17.4. The second-order valence-electron chi connectivity index (χ2n) is 5.37. The van der Waals surface area contributed by atoms with Gasteiger partial charge in [-0.05, 0) is 19.4 Å². The molecule has 25 heavy (non-hydrogen) atoms. The van der Waals surface area contributed by atoms with E-state index in [1.54, 1.807) is 0 Å². The van der Waals surface area contributed by atoms with E-state index in [4.69, 9.17) is 9.47 Å². The Kier molecular flexibility index (Phi) is 5.52. The zero-order chi connectivity index (χ0) is 18.6. The number of nitrogens with zero attached hydrogens (tertiary/aromatic N) is 1. The Hall–Kier alpha value is -3.17. The predicted octanol–water partition coefficient (Wildman–Crippen LogP) is 0.752. The standard InChI is InChI=1S/C15H17N3O7/c1-8(25-15(21)10-4-6-13(19)16-10)14(20)17-11-7-9(18(22)23)3-5-12(11)24-2/h3,5,7-8,10H,4,6H2,1-2H3,(H,16,19)(H,17,20). The Bertz CT molecular complexity index is 719. The molecule has 2 rings (SSSR count). The number of nitro groups is 1. The van der Waals surface area contributed by atoms with Crippen LogP contribution in [0.4, 0.5) is 11.4 Å². The lowest BCUT2D eigenvalue weighted by molar-refractivity contribution is -0.384. The Balaban J connectivity index is 2.03. The molecule has 1 saturated heterocycles. The van der Waals surface area contributed by atoms with E-state index in [1.165, 1.54) is 26.2 Å². The molecule has 10 nitrogen and oxygen atoms in total. The van der Waals surface area contributed by atoms with Crippen LogP contribution in [0, 0.1) is 10.1 Å². The molecular formula is C15H17N3O7. The fraction of sp³-hybridized carbons (Fsp3) is 0.400. The molecule has 2 atom stereocenters. The second-order valence-corrected chi connectivity index (χ2v) is 5.37. The van der Waals surface area contributed by atoms with Crippen LogP contribution in [-0.2, 0) is 19.1 Å². The number of carbonyl (C=O) groups excluding carboxylic acids is 3. The number of esters is 1. The maximum atomic E-state index is 12.2. The number of hydrogen-bond donors (Lipinski definition) is 2. The van der Waals surface area contributed by atoms with Gasteiger partial charge in [-0.25, -0.2) is 4.79 Å². The molecule has 1 aliphatic rings. The highest BCUT2D eigenvalue weighted by molar-refractivity contribution is 5.97. The molecule has 1 aromatic carbocycles. The van der Waals surface area contributed by atoms with Gasteiger partial charge in [-0.2, -0.15) is 0 Å². The number of anilines is 1. The summed E-state index contributed by atoms with van der Waals surface area (Å²) in [5.74, 6) is -1.42. The number of nitro benzene ring substituents is 1. The van der Waals surface area contributed by atoms with Crippen molar-refractivity contribution in [1.29, 1.82) is 0 Å². The summed E-state index contributed by atoms with van der Waals surface area (Å²) in [6.45, 7) is 1.35. The molecular weight excluding hydrogens is 334 g/mol. The van der Waals surface area contributed by atoms with Gasteiger partial charge in [0.15, 0.2) is 6.10 Å². The first-order valence-corrected chi connectivity index (χ1v) is 7.45. The minimum Gasteiger partial charge on any atom is -0.495 e. The predicted molar refractivity (Wildman–Crippen MR) is 85.0 cm³/mol. The monoisotopic (exact) mass is 351 g/mol. The van der Waals surface area contributed by atoms with Crippen LogP contribution in [-0.4, -0.2) is 42.0 Å². The van der Waals surface area contributed by atoms with Crippen molar-refractivity contribution in [3.05, 3.63) is 28.3 Å². The Morgan fingerprint density at radius 3 is 2.72 bits per heavy atom. The number of rotatable bonds is 6. The summed E-state index contributed by atoms with van der Waals surface area (Å²) in [6, 6.07) is 2.96. The van der Waals surface area contributed by atoms with E-state index in [0.29, 0.717) is 6.42 Å². The van der Waals surface area contributed by atoms with Gasteiger partial charge >= 0.3 is 5.97 Å². The van der Waals surface area contributed by atoms with E-state index >= 15 is 0 Å². The second kappa shape index (κ2) is 7.60. The zero-order valence-corrected chi connectivity index (χ0v) is 13.6. The molecule has 134 valence electrons. The van der Waals surface area contributed by atoms with E-state index in [0.717, 1.165) is 6.07 Å². The fourth-order valence-corrected chi connectivity index (χ4v) is 2.24. The molecule has 2 unspecified atom stereocenters. The molecule has 0 aromatic heterocycles. The average molecular weight is 351 g/mol. The van der Waals surface area contributed by atoms with E-state index in [1.807, 2.05) is 0 Å². The van der Waals surface area contributed by atoms with E-state index in [9.17, 15) is 24.5 Å². The van der Waals surface area contributed by atoms with Crippen molar-refractivity contribution in [2.75, 3.05) is 12.4 Å². The zero-order valence-electron chi connectivity index (χ0n) is 13.6. The molecule has 0 saturated carbocycles. The summed E-state index contributed by atoms with van der Waals surface area (Å²) in [4.78, 5) is 45.4. The first-order valence-electron chi connectivity index (χ1n) is 7.45. The number of carbonyl (C=O) groups is 3. The molecule has 0 spiro atoms. The summed E-state index contributed by atoms with van der Waals surface area (Å²) in [6.07, 6.45) is -0.621. The van der Waals surface area contributed by atoms with Crippen LogP contribution in [0.5, 0.6) is 5.75 Å². The first-order chi connectivity index (χ1) is 11.8. The topological polar surface area (TPSA) is 137 Å². The van der Waals surface area contributed by atoms with Gasteiger partial charge < -0.3 is 20.1 Å². The largest absolute Gasteiger partial charge is 0.495 e. The lowest BCUT2D eigenvalue weighted by Gasteiger charge is -2.17. The van der Waals surface area contributed by atoms with Gasteiger partial charge in [-0.15, -0.1) is 0 Å². The lowest BCUT2D eigenvalue weighted by atomic mass is 10.2. The Morgan fingerprint density at radius 2 is 2.16 bits per heavy atom. The summed E-state index contributed by atoms with van der Waals surface area (Å²) >= 11 is 0. The van der Waals surface area contributed by atoms with Crippen LogP contribution in [0.2, 0.25) is 0 Å². The summed E-state index contributed by atoms with van der Waals surface area (Å²) in [7, 11) is 1.35. The smallest absolute Gasteiger partial charge is 0.329 e. The van der Waals surface area contributed by atoms with Crippen LogP contribution >= 0.6 is 0 Å². The molecule has 1 aliphatic heterocycles. The van der Waals surface area contributed by atoms with Crippen LogP contribution in [0.25, 0.3) is 0 Å². The lowest BCUT2D eigenvalue weighted by Crippen LogP contribution is -2.39. The van der Waals surface area contributed by atoms with E-state index in [2.05, 4.69) is 10.6 Å². The number of benzene rings is 1. The molecule has 1 aromatic rings. The van der Waals surface area contributed by atoms with Crippen molar-refractivity contribution in [3.63, 3.8) is 0 Å². The third-order valence-electron chi connectivity index (χ3n) is 3.59. The highest BCUT2D eigenvalue weighted by atomic mass is 16.6. The maximum Gasteiger partial charge on any atom is 0.329 e. The van der Waals surface area contributed by atoms with E-state index in [-0.39, 0.29) is 29.5 Å². The summed E-state index contributed by atoms with van der Waals surface area (Å²) in [5, 5.41) is 15.7. The third kappa shape index (κ3) is 4.43. The van der Waals surface area contributed by atoms with Gasteiger partial charge in [0, 0.05) is 18.6 Å². The van der Waals surface area contributed by atoms with Crippen LogP contribution in [0.3, 0.4) is 0 Å². The minimum absolute atomic E-state index is 0.0822. The number of non-ortho nitro benzene ring substituents is 1. The average Bonchev–Trinajstić information content (AvgIpc) is 3.01. The van der Waals surface area contributed by atoms with Gasteiger partial charge in [-0.1, -0.05) is 0 Å². The molecule has 2 N–H and O–H groups in total. The molecule has 1 fully saturated rings. The first kappa shape index (κ1) is 18.2.